The first-order valence-corrected chi connectivity index (χ1v) is 9.70. The predicted octanol–water partition coefficient (Wildman–Crippen LogP) is 2.08. The Bertz CT molecular complexity index is 1450. The number of thiazole rings is 1. The van der Waals surface area contributed by atoms with E-state index in [1.54, 1.807) is 29.8 Å². The van der Waals surface area contributed by atoms with Gasteiger partial charge in [-0.05, 0) is 18.2 Å². The lowest BCUT2D eigenvalue weighted by Crippen LogP contribution is -2.25. The highest BCUT2D eigenvalue weighted by atomic mass is 32.1. The number of H-pyrrole nitrogens is 1. The summed E-state index contributed by atoms with van der Waals surface area (Å²) < 4.78 is 4.20. The van der Waals surface area contributed by atoms with E-state index in [2.05, 4.69) is 26.2 Å². The number of terminal acetylenes is 1. The van der Waals surface area contributed by atoms with Crippen LogP contribution in [0.1, 0.15) is 22.1 Å². The molecule has 29 heavy (non-hydrogen) atoms. The SMILES string of the molecule is C#Cc1cccc(Cn2ncc3c4sc(Cc5ccn[nH]5)nc4n(C)c3c2=O)n1. The second-order valence-electron chi connectivity index (χ2n) is 6.61. The van der Waals surface area contributed by atoms with Gasteiger partial charge in [-0.15, -0.1) is 17.8 Å². The number of aryl methyl sites for hydroxylation is 1. The fourth-order valence-corrected chi connectivity index (χ4v) is 4.50. The molecule has 142 valence electrons. The summed E-state index contributed by atoms with van der Waals surface area (Å²) in [6.07, 6.45) is 9.53. The zero-order chi connectivity index (χ0) is 20.0. The van der Waals surface area contributed by atoms with Crippen molar-refractivity contribution in [3.05, 3.63) is 69.1 Å². The molecule has 0 atom stereocenters. The lowest BCUT2D eigenvalue weighted by molar-refractivity contribution is 0.632. The maximum absolute atomic E-state index is 13.1. The van der Waals surface area contributed by atoms with Gasteiger partial charge in [0.2, 0.25) is 0 Å². The Labute approximate surface area is 168 Å². The first kappa shape index (κ1) is 17.3. The van der Waals surface area contributed by atoms with Gasteiger partial charge in [-0.1, -0.05) is 12.0 Å². The van der Waals surface area contributed by atoms with E-state index >= 15 is 0 Å². The van der Waals surface area contributed by atoms with E-state index < -0.39 is 0 Å². The van der Waals surface area contributed by atoms with Crippen LogP contribution in [0, 0.1) is 12.3 Å². The molecule has 0 aliphatic heterocycles. The Morgan fingerprint density at radius 1 is 1.28 bits per heavy atom. The minimum absolute atomic E-state index is 0.182. The molecule has 0 aliphatic rings. The maximum atomic E-state index is 13.1. The summed E-state index contributed by atoms with van der Waals surface area (Å²) in [5.74, 6) is 2.51. The maximum Gasteiger partial charge on any atom is 0.291 e. The molecule has 5 aromatic rings. The highest BCUT2D eigenvalue weighted by Gasteiger charge is 2.18. The molecule has 0 saturated heterocycles. The van der Waals surface area contributed by atoms with Gasteiger partial charge in [-0.25, -0.2) is 14.6 Å². The molecule has 0 amide bonds. The third kappa shape index (κ3) is 2.90. The van der Waals surface area contributed by atoms with Crippen molar-refractivity contribution in [1.29, 1.82) is 0 Å². The van der Waals surface area contributed by atoms with Crippen LogP contribution in [0.4, 0.5) is 0 Å². The van der Waals surface area contributed by atoms with E-state index in [0.717, 1.165) is 26.4 Å². The van der Waals surface area contributed by atoms with Crippen LogP contribution in [-0.4, -0.2) is 34.5 Å². The standard InChI is InChI=1S/C20H15N7OS/c1-3-12-5-4-6-14(23-12)11-27-20(28)17-15(10-22-27)18-19(26(17)2)24-16(29-18)9-13-7-8-21-25-13/h1,4-8,10H,9,11H2,2H3,(H,21,25). The summed E-state index contributed by atoms with van der Waals surface area (Å²) in [6, 6.07) is 7.32. The largest absolute Gasteiger partial charge is 0.323 e. The number of hydrogen-bond acceptors (Lipinski definition) is 6. The molecule has 1 N–H and O–H groups in total. The molecule has 8 nitrogen and oxygen atoms in total. The molecule has 0 aromatic carbocycles. The van der Waals surface area contributed by atoms with E-state index in [4.69, 9.17) is 11.4 Å². The van der Waals surface area contributed by atoms with Crippen molar-refractivity contribution in [2.45, 2.75) is 13.0 Å². The van der Waals surface area contributed by atoms with Crippen LogP contribution in [0.25, 0.3) is 21.3 Å². The topological polar surface area (TPSA) is 94.3 Å². The number of nitrogens with zero attached hydrogens (tertiary/aromatic N) is 6. The zero-order valence-corrected chi connectivity index (χ0v) is 16.3. The van der Waals surface area contributed by atoms with Crippen molar-refractivity contribution in [2.24, 2.45) is 7.05 Å². The fraction of sp³-hybridized carbons (Fsp3) is 0.150. The molecule has 0 radical (unpaired) electrons. The highest BCUT2D eigenvalue weighted by molar-refractivity contribution is 7.19. The van der Waals surface area contributed by atoms with E-state index in [0.29, 0.717) is 23.3 Å². The molecule has 5 aromatic heterocycles. The molecule has 0 unspecified atom stereocenters. The minimum Gasteiger partial charge on any atom is -0.323 e. The molecule has 5 rings (SSSR count). The Balaban J connectivity index is 1.57. The van der Waals surface area contributed by atoms with Crippen LogP contribution in [0.5, 0.6) is 0 Å². The Morgan fingerprint density at radius 2 is 2.17 bits per heavy atom. The smallest absolute Gasteiger partial charge is 0.291 e. The number of aromatic nitrogens is 7. The first-order chi connectivity index (χ1) is 14.1. The third-order valence-electron chi connectivity index (χ3n) is 4.74. The summed E-state index contributed by atoms with van der Waals surface area (Å²) in [6.45, 7) is 0.252. The second kappa shape index (κ2) is 6.68. The number of hydrogen-bond donors (Lipinski definition) is 1. The summed E-state index contributed by atoms with van der Waals surface area (Å²) in [5, 5.41) is 13.0. The van der Waals surface area contributed by atoms with Gasteiger partial charge in [0.1, 0.15) is 16.2 Å². The number of rotatable bonds is 4. The van der Waals surface area contributed by atoms with E-state index in [-0.39, 0.29) is 12.1 Å². The van der Waals surface area contributed by atoms with Gasteiger partial charge in [0.15, 0.2) is 5.65 Å². The van der Waals surface area contributed by atoms with Crippen LogP contribution in [0.15, 0.2) is 41.5 Å². The molecular formula is C20H15N7OS. The van der Waals surface area contributed by atoms with Crippen molar-refractivity contribution >= 4 is 32.6 Å². The molecule has 0 fully saturated rings. The van der Waals surface area contributed by atoms with Crippen molar-refractivity contribution in [2.75, 3.05) is 0 Å². The normalized spacial score (nSPS) is 11.3. The van der Waals surface area contributed by atoms with Crippen LogP contribution in [0.2, 0.25) is 0 Å². The third-order valence-corrected chi connectivity index (χ3v) is 5.81. The van der Waals surface area contributed by atoms with Gasteiger partial charge in [0, 0.05) is 30.7 Å². The summed E-state index contributed by atoms with van der Waals surface area (Å²) >= 11 is 1.57. The van der Waals surface area contributed by atoms with Gasteiger partial charge in [0.05, 0.1) is 23.1 Å². The number of aromatic amines is 1. The van der Waals surface area contributed by atoms with Gasteiger partial charge in [-0.3, -0.25) is 9.89 Å². The minimum atomic E-state index is -0.182. The van der Waals surface area contributed by atoms with E-state index in [1.807, 2.05) is 29.8 Å². The molecule has 0 bridgehead atoms. The van der Waals surface area contributed by atoms with Crippen molar-refractivity contribution in [1.82, 2.24) is 34.5 Å². The Morgan fingerprint density at radius 3 is 2.97 bits per heavy atom. The lowest BCUT2D eigenvalue weighted by atomic mass is 10.3. The van der Waals surface area contributed by atoms with Crippen LogP contribution < -0.4 is 5.56 Å². The van der Waals surface area contributed by atoms with Crippen LogP contribution >= 0.6 is 11.3 Å². The number of nitrogens with one attached hydrogen (secondary N) is 1. The summed E-state index contributed by atoms with van der Waals surface area (Å²) in [7, 11) is 1.85. The molecule has 0 spiro atoms. The Hall–Kier alpha value is -3.77. The monoisotopic (exact) mass is 401 g/mol. The summed E-state index contributed by atoms with van der Waals surface area (Å²) in [4.78, 5) is 22.2. The highest BCUT2D eigenvalue weighted by Crippen LogP contribution is 2.31. The van der Waals surface area contributed by atoms with Gasteiger partial charge < -0.3 is 4.57 Å². The lowest BCUT2D eigenvalue weighted by Gasteiger charge is -2.05. The van der Waals surface area contributed by atoms with E-state index in [1.165, 1.54) is 4.68 Å². The van der Waals surface area contributed by atoms with Crippen molar-refractivity contribution < 1.29 is 0 Å². The molecule has 5 heterocycles. The van der Waals surface area contributed by atoms with Gasteiger partial charge >= 0.3 is 0 Å². The zero-order valence-electron chi connectivity index (χ0n) is 15.5. The molecule has 0 aliphatic carbocycles. The molecular weight excluding hydrogens is 386 g/mol. The summed E-state index contributed by atoms with van der Waals surface area (Å²) in [5.41, 5.74) is 3.39. The second-order valence-corrected chi connectivity index (χ2v) is 7.69. The molecule has 9 heteroatoms. The van der Waals surface area contributed by atoms with E-state index in [9.17, 15) is 4.79 Å². The fourth-order valence-electron chi connectivity index (χ4n) is 3.37. The molecule has 0 saturated carbocycles. The van der Waals surface area contributed by atoms with Gasteiger partial charge in [-0.2, -0.15) is 10.2 Å². The number of fused-ring (bicyclic) bond motifs is 3. The van der Waals surface area contributed by atoms with Crippen LogP contribution in [0.3, 0.4) is 0 Å². The van der Waals surface area contributed by atoms with Gasteiger partial charge in [0.25, 0.3) is 5.56 Å². The average Bonchev–Trinajstić information content (AvgIpc) is 3.44. The Kier molecular flexibility index (Phi) is 4.00. The van der Waals surface area contributed by atoms with Crippen molar-refractivity contribution in [3.8, 4) is 12.3 Å². The quantitative estimate of drug-likeness (QED) is 0.465. The number of pyridine rings is 1. The van der Waals surface area contributed by atoms with Crippen molar-refractivity contribution in [3.63, 3.8) is 0 Å². The predicted molar refractivity (Wildman–Crippen MR) is 111 cm³/mol. The van der Waals surface area contributed by atoms with Crippen LogP contribution in [-0.2, 0) is 20.0 Å². The average molecular weight is 401 g/mol. The first-order valence-electron chi connectivity index (χ1n) is 8.89.